The number of nitro groups is 1. The first-order valence-corrected chi connectivity index (χ1v) is 10.8. The monoisotopic (exact) mass is 441 g/mol. The molecule has 2 unspecified atom stereocenters. The summed E-state index contributed by atoms with van der Waals surface area (Å²) in [6.45, 7) is 8.02. The molecular weight excluding hydrogens is 410 g/mol. The van der Waals surface area contributed by atoms with Crippen LogP contribution in [0.3, 0.4) is 0 Å². The molecule has 1 amide bonds. The molecule has 1 aliphatic heterocycles. The van der Waals surface area contributed by atoms with Crippen molar-refractivity contribution in [2.45, 2.75) is 33.4 Å². The Morgan fingerprint density at radius 3 is 2.19 bits per heavy atom. The lowest BCUT2D eigenvalue weighted by atomic mass is 9.91. The van der Waals surface area contributed by atoms with E-state index in [0.29, 0.717) is 11.8 Å². The number of nitrogens with zero attached hydrogens (tertiary/aromatic N) is 2. The maximum absolute atomic E-state index is 12.7. The van der Waals surface area contributed by atoms with Crippen molar-refractivity contribution in [3.05, 3.63) is 63.2 Å². The van der Waals surface area contributed by atoms with Crippen molar-refractivity contribution >= 4 is 11.6 Å². The van der Waals surface area contributed by atoms with Crippen LogP contribution in [-0.4, -0.2) is 43.0 Å². The number of hydrogen-bond donors (Lipinski definition) is 1. The van der Waals surface area contributed by atoms with Crippen LogP contribution in [0.1, 0.15) is 41.8 Å². The first-order valence-electron chi connectivity index (χ1n) is 10.8. The van der Waals surface area contributed by atoms with E-state index in [0.717, 1.165) is 25.2 Å². The van der Waals surface area contributed by atoms with Crippen molar-refractivity contribution < 1.29 is 19.2 Å². The maximum Gasteiger partial charge on any atom is 0.286 e. The van der Waals surface area contributed by atoms with Gasteiger partial charge in [0.1, 0.15) is 5.56 Å². The number of ether oxygens (including phenoxy) is 2. The van der Waals surface area contributed by atoms with Gasteiger partial charge in [0.15, 0.2) is 11.5 Å². The summed E-state index contributed by atoms with van der Waals surface area (Å²) in [6.07, 6.45) is 1.29. The average Bonchev–Trinajstić information content (AvgIpc) is 2.76. The third kappa shape index (κ3) is 5.76. The highest BCUT2D eigenvalue weighted by molar-refractivity contribution is 5.99. The number of likely N-dealkylation sites (tertiary alicyclic amines) is 1. The first kappa shape index (κ1) is 23.5. The van der Waals surface area contributed by atoms with Crippen LogP contribution in [-0.2, 0) is 13.1 Å². The number of nitro benzene ring substituents is 1. The number of carbonyl (C=O) groups excluding carboxylic acids is 1. The van der Waals surface area contributed by atoms with E-state index in [4.69, 9.17) is 9.47 Å². The van der Waals surface area contributed by atoms with Crippen LogP contribution in [0, 0.1) is 22.0 Å². The molecule has 1 N–H and O–H groups in total. The zero-order chi connectivity index (χ0) is 23.3. The molecule has 1 saturated heterocycles. The van der Waals surface area contributed by atoms with Crippen LogP contribution < -0.4 is 14.8 Å². The van der Waals surface area contributed by atoms with Crippen molar-refractivity contribution in [2.24, 2.45) is 11.8 Å². The van der Waals surface area contributed by atoms with E-state index < -0.39 is 10.8 Å². The summed E-state index contributed by atoms with van der Waals surface area (Å²) in [4.78, 5) is 26.0. The SMILES string of the molecule is COc1cc(C(=O)NCc2ccc(CN3CC(C)CC(C)C3)cc2)c([N+](=O)[O-])cc1OC. The number of amides is 1. The van der Waals surface area contributed by atoms with E-state index in [-0.39, 0.29) is 29.3 Å². The van der Waals surface area contributed by atoms with Gasteiger partial charge < -0.3 is 14.8 Å². The second-order valence-corrected chi connectivity index (χ2v) is 8.62. The van der Waals surface area contributed by atoms with Crippen LogP contribution in [0.15, 0.2) is 36.4 Å². The minimum absolute atomic E-state index is 0.0717. The normalized spacial score (nSPS) is 18.8. The highest BCUT2D eigenvalue weighted by Gasteiger charge is 2.25. The lowest BCUT2D eigenvalue weighted by Crippen LogP contribution is -2.38. The molecule has 32 heavy (non-hydrogen) atoms. The molecule has 0 saturated carbocycles. The molecule has 0 radical (unpaired) electrons. The zero-order valence-corrected chi connectivity index (χ0v) is 19.1. The fraction of sp³-hybridized carbons (Fsp3) is 0.458. The average molecular weight is 442 g/mol. The van der Waals surface area contributed by atoms with Crippen molar-refractivity contribution in [1.29, 1.82) is 0 Å². The van der Waals surface area contributed by atoms with Crippen LogP contribution in [0.2, 0.25) is 0 Å². The Hall–Kier alpha value is -3.13. The summed E-state index contributed by atoms with van der Waals surface area (Å²) in [5, 5.41) is 14.2. The third-order valence-electron chi connectivity index (χ3n) is 5.77. The topological polar surface area (TPSA) is 93.9 Å². The smallest absolute Gasteiger partial charge is 0.286 e. The molecular formula is C24H31N3O5. The molecule has 0 spiro atoms. The summed E-state index contributed by atoms with van der Waals surface area (Å²) in [6, 6.07) is 10.6. The van der Waals surface area contributed by atoms with Gasteiger partial charge in [0.2, 0.25) is 0 Å². The number of hydrogen-bond acceptors (Lipinski definition) is 6. The van der Waals surface area contributed by atoms with Crippen LogP contribution in [0.5, 0.6) is 11.5 Å². The fourth-order valence-corrected chi connectivity index (χ4v) is 4.42. The molecule has 172 valence electrons. The van der Waals surface area contributed by atoms with E-state index in [1.165, 1.54) is 38.3 Å². The van der Waals surface area contributed by atoms with Gasteiger partial charge in [-0.25, -0.2) is 0 Å². The largest absolute Gasteiger partial charge is 0.493 e. The van der Waals surface area contributed by atoms with Crippen LogP contribution >= 0.6 is 0 Å². The van der Waals surface area contributed by atoms with Crippen LogP contribution in [0.25, 0.3) is 0 Å². The molecule has 1 heterocycles. The lowest BCUT2D eigenvalue weighted by molar-refractivity contribution is -0.385. The first-order chi connectivity index (χ1) is 15.3. The third-order valence-corrected chi connectivity index (χ3v) is 5.77. The molecule has 0 aromatic heterocycles. The number of piperidine rings is 1. The quantitative estimate of drug-likeness (QED) is 0.491. The summed E-state index contributed by atoms with van der Waals surface area (Å²) in [5.41, 5.74) is 1.75. The van der Waals surface area contributed by atoms with E-state index in [2.05, 4.69) is 36.2 Å². The minimum atomic E-state index is -0.603. The predicted molar refractivity (Wildman–Crippen MR) is 122 cm³/mol. The van der Waals surface area contributed by atoms with Gasteiger partial charge in [-0.15, -0.1) is 0 Å². The van der Waals surface area contributed by atoms with E-state index in [1.54, 1.807) is 0 Å². The van der Waals surface area contributed by atoms with Gasteiger partial charge in [-0.3, -0.25) is 19.8 Å². The Kier molecular flexibility index (Phi) is 7.69. The summed E-state index contributed by atoms with van der Waals surface area (Å²) in [7, 11) is 2.80. The molecule has 1 fully saturated rings. The van der Waals surface area contributed by atoms with Gasteiger partial charge >= 0.3 is 0 Å². The maximum atomic E-state index is 12.7. The van der Waals surface area contributed by atoms with Crippen molar-refractivity contribution in [3.63, 3.8) is 0 Å². The molecule has 0 bridgehead atoms. The highest BCUT2D eigenvalue weighted by Crippen LogP contribution is 2.34. The van der Waals surface area contributed by atoms with Crippen molar-refractivity contribution in [1.82, 2.24) is 10.2 Å². The molecule has 8 heteroatoms. The Balaban J connectivity index is 1.64. The van der Waals surface area contributed by atoms with Gasteiger partial charge in [-0.1, -0.05) is 38.1 Å². The molecule has 2 aromatic carbocycles. The molecule has 3 rings (SSSR count). The zero-order valence-electron chi connectivity index (χ0n) is 19.1. The van der Waals surface area contributed by atoms with Gasteiger partial charge in [0.05, 0.1) is 25.2 Å². The van der Waals surface area contributed by atoms with Crippen molar-refractivity contribution in [2.75, 3.05) is 27.3 Å². The van der Waals surface area contributed by atoms with Crippen molar-refractivity contribution in [3.8, 4) is 11.5 Å². The van der Waals surface area contributed by atoms with Crippen LogP contribution in [0.4, 0.5) is 5.69 Å². The summed E-state index contributed by atoms with van der Waals surface area (Å²) >= 11 is 0. The molecule has 2 atom stereocenters. The second kappa shape index (κ2) is 10.5. The van der Waals surface area contributed by atoms with E-state index in [1.807, 2.05) is 12.1 Å². The van der Waals surface area contributed by atoms with Gasteiger partial charge in [0, 0.05) is 32.2 Å². The Bertz CT molecular complexity index is 951. The second-order valence-electron chi connectivity index (χ2n) is 8.62. The number of benzene rings is 2. The predicted octanol–water partition coefficient (Wildman–Crippen LogP) is 4.02. The van der Waals surface area contributed by atoms with E-state index >= 15 is 0 Å². The molecule has 8 nitrogen and oxygen atoms in total. The Labute approximate surface area is 188 Å². The number of carbonyl (C=O) groups is 1. The molecule has 0 aliphatic carbocycles. The number of methoxy groups -OCH3 is 2. The lowest BCUT2D eigenvalue weighted by Gasteiger charge is -2.35. The number of nitrogens with one attached hydrogen (secondary N) is 1. The minimum Gasteiger partial charge on any atom is -0.493 e. The molecule has 1 aliphatic rings. The van der Waals surface area contributed by atoms with Gasteiger partial charge in [-0.2, -0.15) is 0 Å². The molecule has 2 aromatic rings. The standard InChI is InChI=1S/C24H31N3O5/c1-16-9-17(2)14-26(13-16)15-19-7-5-18(6-8-19)12-25-24(28)20-10-22(31-3)23(32-4)11-21(20)27(29)30/h5-8,10-11,16-17H,9,12-15H2,1-4H3,(H,25,28). The number of rotatable bonds is 8. The summed E-state index contributed by atoms with van der Waals surface area (Å²) in [5.74, 6) is 1.35. The Morgan fingerprint density at radius 1 is 1.06 bits per heavy atom. The highest BCUT2D eigenvalue weighted by atomic mass is 16.6. The Morgan fingerprint density at radius 2 is 1.62 bits per heavy atom. The van der Waals surface area contributed by atoms with Gasteiger partial charge in [0.25, 0.3) is 11.6 Å². The summed E-state index contributed by atoms with van der Waals surface area (Å²) < 4.78 is 10.3. The van der Waals surface area contributed by atoms with Gasteiger partial charge in [-0.05, 0) is 29.4 Å². The fourth-order valence-electron chi connectivity index (χ4n) is 4.42. The van der Waals surface area contributed by atoms with E-state index in [9.17, 15) is 14.9 Å².